The first-order valence-corrected chi connectivity index (χ1v) is 8.45. The summed E-state index contributed by atoms with van der Waals surface area (Å²) in [7, 11) is -3.46. The van der Waals surface area contributed by atoms with Gasteiger partial charge in [0.25, 0.3) is 0 Å². The van der Waals surface area contributed by atoms with E-state index in [0.29, 0.717) is 12.2 Å². The minimum atomic E-state index is -3.46. The summed E-state index contributed by atoms with van der Waals surface area (Å²) in [5.74, 6) is -0.393. The van der Waals surface area contributed by atoms with E-state index in [9.17, 15) is 13.2 Å². The third-order valence-electron chi connectivity index (χ3n) is 3.62. The fourth-order valence-electron chi connectivity index (χ4n) is 2.29. The van der Waals surface area contributed by atoms with Crippen molar-refractivity contribution in [1.29, 1.82) is 5.26 Å². The van der Waals surface area contributed by atoms with E-state index in [1.165, 1.54) is 24.3 Å². The molecular formula is C15H17NO4S. The third kappa shape index (κ3) is 3.82. The molecular weight excluding hydrogens is 290 g/mol. The molecule has 1 saturated carbocycles. The molecule has 1 aliphatic carbocycles. The van der Waals surface area contributed by atoms with Crippen molar-refractivity contribution in [3.63, 3.8) is 0 Å². The van der Waals surface area contributed by atoms with Crippen LogP contribution in [0.25, 0.3) is 0 Å². The van der Waals surface area contributed by atoms with Gasteiger partial charge in [-0.25, -0.2) is 8.42 Å². The molecule has 0 atom stereocenters. The highest BCUT2D eigenvalue weighted by atomic mass is 32.2. The molecule has 0 aliphatic heterocycles. The Morgan fingerprint density at radius 1 is 1.33 bits per heavy atom. The molecule has 5 nitrogen and oxygen atoms in total. The quantitative estimate of drug-likeness (QED) is 0.751. The monoisotopic (exact) mass is 307 g/mol. The van der Waals surface area contributed by atoms with Gasteiger partial charge in [-0.1, -0.05) is 0 Å². The first-order valence-electron chi connectivity index (χ1n) is 6.79. The minimum Gasteiger partial charge on any atom is -0.466 e. The number of benzene rings is 1. The molecule has 1 fully saturated rings. The van der Waals surface area contributed by atoms with Gasteiger partial charge in [0.1, 0.15) is 0 Å². The maximum absolute atomic E-state index is 12.4. The number of nitriles is 1. The number of esters is 1. The molecule has 112 valence electrons. The fraction of sp³-hybridized carbons (Fsp3) is 0.467. The fourth-order valence-corrected chi connectivity index (χ4v) is 4.20. The van der Waals surface area contributed by atoms with E-state index in [1.807, 2.05) is 6.07 Å². The van der Waals surface area contributed by atoms with Gasteiger partial charge in [-0.2, -0.15) is 5.26 Å². The Hall–Kier alpha value is -1.87. The molecule has 0 amide bonds. The van der Waals surface area contributed by atoms with E-state index < -0.39 is 15.3 Å². The highest BCUT2D eigenvalue weighted by molar-refractivity contribution is 7.91. The summed E-state index contributed by atoms with van der Waals surface area (Å²) in [6.07, 6.45) is 1.60. The molecule has 0 N–H and O–H groups in total. The number of rotatable bonds is 6. The normalized spacial score (nSPS) is 16.0. The lowest BCUT2D eigenvalue weighted by atomic mass is 10.1. The van der Waals surface area contributed by atoms with Crippen molar-refractivity contribution >= 4 is 15.8 Å². The molecule has 0 heterocycles. The van der Waals surface area contributed by atoms with Crippen LogP contribution in [-0.2, 0) is 19.4 Å². The molecule has 1 aromatic rings. The van der Waals surface area contributed by atoms with E-state index in [4.69, 9.17) is 10.00 Å². The second-order valence-corrected chi connectivity index (χ2v) is 7.37. The van der Waals surface area contributed by atoms with E-state index in [-0.39, 0.29) is 23.0 Å². The molecule has 1 aromatic carbocycles. The van der Waals surface area contributed by atoms with Crippen molar-refractivity contribution < 1.29 is 17.9 Å². The van der Waals surface area contributed by atoms with Crippen LogP contribution < -0.4 is 0 Å². The number of nitrogens with zero attached hydrogens (tertiary/aromatic N) is 1. The zero-order chi connectivity index (χ0) is 15.5. The first-order chi connectivity index (χ1) is 9.91. The van der Waals surface area contributed by atoms with Gasteiger partial charge in [0, 0.05) is 0 Å². The van der Waals surface area contributed by atoms with Crippen LogP contribution in [0.5, 0.6) is 0 Å². The second kappa shape index (κ2) is 5.86. The van der Waals surface area contributed by atoms with E-state index in [0.717, 1.165) is 12.8 Å². The summed E-state index contributed by atoms with van der Waals surface area (Å²) < 4.78 is 29.7. The molecule has 0 radical (unpaired) electrons. The van der Waals surface area contributed by atoms with Gasteiger partial charge in [-0.3, -0.25) is 4.79 Å². The summed E-state index contributed by atoms with van der Waals surface area (Å²) in [6, 6.07) is 7.80. The molecule has 0 unspecified atom stereocenters. The van der Waals surface area contributed by atoms with Crippen LogP contribution in [0.4, 0.5) is 0 Å². The number of carbonyl (C=O) groups is 1. The van der Waals surface area contributed by atoms with Crippen LogP contribution in [0.3, 0.4) is 0 Å². The Balaban J connectivity index is 2.10. The van der Waals surface area contributed by atoms with E-state index in [1.54, 1.807) is 6.92 Å². The lowest BCUT2D eigenvalue weighted by Crippen LogP contribution is -2.21. The summed E-state index contributed by atoms with van der Waals surface area (Å²) in [4.78, 5) is 11.7. The number of sulfone groups is 1. The number of carbonyl (C=O) groups excluding carboxylic acids is 1. The predicted octanol–water partition coefficient (Wildman–Crippen LogP) is 2.07. The van der Waals surface area contributed by atoms with Crippen LogP contribution in [-0.4, -0.2) is 26.7 Å². The Kier molecular flexibility index (Phi) is 4.33. The van der Waals surface area contributed by atoms with Gasteiger partial charge >= 0.3 is 5.97 Å². The molecule has 6 heteroatoms. The summed E-state index contributed by atoms with van der Waals surface area (Å²) in [6.45, 7) is 2.03. The van der Waals surface area contributed by atoms with Crippen molar-refractivity contribution in [2.75, 3.05) is 12.4 Å². The smallest absolute Gasteiger partial charge is 0.306 e. The number of hydrogen-bond donors (Lipinski definition) is 0. The topological polar surface area (TPSA) is 84.2 Å². The zero-order valence-corrected chi connectivity index (χ0v) is 12.6. The summed E-state index contributed by atoms with van der Waals surface area (Å²) in [5, 5.41) is 8.73. The zero-order valence-electron chi connectivity index (χ0n) is 11.8. The second-order valence-electron chi connectivity index (χ2n) is 5.38. The van der Waals surface area contributed by atoms with E-state index in [2.05, 4.69) is 0 Å². The van der Waals surface area contributed by atoms with Crippen molar-refractivity contribution in [3.8, 4) is 6.07 Å². The highest BCUT2D eigenvalue weighted by Gasteiger charge is 2.48. The van der Waals surface area contributed by atoms with Gasteiger partial charge < -0.3 is 4.74 Å². The van der Waals surface area contributed by atoms with Crippen LogP contribution in [0, 0.1) is 16.7 Å². The Morgan fingerprint density at radius 3 is 2.43 bits per heavy atom. The highest BCUT2D eigenvalue weighted by Crippen LogP contribution is 2.50. The average molecular weight is 307 g/mol. The lowest BCUT2D eigenvalue weighted by Gasteiger charge is -2.14. The van der Waals surface area contributed by atoms with Crippen LogP contribution in [0.2, 0.25) is 0 Å². The summed E-state index contributed by atoms with van der Waals surface area (Å²) in [5.41, 5.74) is -0.0551. The van der Waals surface area contributed by atoms with Crippen molar-refractivity contribution in [2.24, 2.45) is 5.41 Å². The molecule has 21 heavy (non-hydrogen) atoms. The maximum atomic E-state index is 12.4. The number of hydrogen-bond acceptors (Lipinski definition) is 5. The van der Waals surface area contributed by atoms with Gasteiger partial charge in [-0.05, 0) is 49.4 Å². The number of ether oxygens (including phenoxy) is 1. The molecule has 0 aromatic heterocycles. The molecule has 0 spiro atoms. The maximum Gasteiger partial charge on any atom is 0.306 e. The van der Waals surface area contributed by atoms with E-state index >= 15 is 0 Å². The largest absolute Gasteiger partial charge is 0.466 e. The summed E-state index contributed by atoms with van der Waals surface area (Å²) >= 11 is 0. The van der Waals surface area contributed by atoms with Gasteiger partial charge in [0.05, 0.1) is 35.3 Å². The minimum absolute atomic E-state index is 0.0509. The average Bonchev–Trinajstić information content (AvgIpc) is 3.17. The van der Waals surface area contributed by atoms with Crippen molar-refractivity contribution in [1.82, 2.24) is 0 Å². The SMILES string of the molecule is CCOC(=O)CC1(CS(=O)(=O)c2ccc(C#N)cc2)CC1. The molecule has 0 saturated heterocycles. The Labute approximate surface area is 124 Å². The third-order valence-corrected chi connectivity index (χ3v) is 5.60. The van der Waals surface area contributed by atoms with Crippen LogP contribution in [0.1, 0.15) is 31.7 Å². The first kappa shape index (κ1) is 15.5. The van der Waals surface area contributed by atoms with Crippen LogP contribution >= 0.6 is 0 Å². The van der Waals surface area contributed by atoms with Gasteiger partial charge in [0.15, 0.2) is 9.84 Å². The Bertz CT molecular complexity index is 667. The lowest BCUT2D eigenvalue weighted by molar-refractivity contribution is -0.144. The Morgan fingerprint density at radius 2 is 1.95 bits per heavy atom. The molecule has 1 aliphatic rings. The predicted molar refractivity (Wildman–Crippen MR) is 76.1 cm³/mol. The molecule has 2 rings (SSSR count). The molecule has 0 bridgehead atoms. The van der Waals surface area contributed by atoms with Crippen molar-refractivity contribution in [3.05, 3.63) is 29.8 Å². The van der Waals surface area contributed by atoms with Crippen LogP contribution in [0.15, 0.2) is 29.2 Å². The van der Waals surface area contributed by atoms with Crippen molar-refractivity contribution in [2.45, 2.75) is 31.1 Å². The van der Waals surface area contributed by atoms with Gasteiger partial charge in [0.2, 0.25) is 0 Å². The van der Waals surface area contributed by atoms with Gasteiger partial charge in [-0.15, -0.1) is 0 Å². The standard InChI is InChI=1S/C15H17NO4S/c1-2-20-14(17)9-15(7-8-15)11-21(18,19)13-5-3-12(10-16)4-6-13/h3-6H,2,7-9,11H2,1H3.